The SMILES string of the molecule is N=C1C=C(c2c3ccccc3c(-c3ccccc3)c3ccccc23)C=C(c2c3ccccc3c(-c3ccccc3)c3ccccc23)C1=N. The van der Waals surface area contributed by atoms with Crippen molar-refractivity contribution in [2.24, 2.45) is 0 Å². The Kier molecular flexibility index (Phi) is 6.48. The van der Waals surface area contributed by atoms with Crippen LogP contribution >= 0.6 is 0 Å². The Hall–Kier alpha value is -6.38. The maximum absolute atomic E-state index is 9.35. The molecule has 0 spiro atoms. The molecule has 0 radical (unpaired) electrons. The van der Waals surface area contributed by atoms with Gasteiger partial charge in [0, 0.05) is 5.57 Å². The molecule has 0 amide bonds. The average molecular weight is 611 g/mol. The zero-order valence-electron chi connectivity index (χ0n) is 26.2. The highest BCUT2D eigenvalue weighted by atomic mass is 14.5. The molecule has 9 rings (SSSR count). The second-order valence-electron chi connectivity index (χ2n) is 12.4. The van der Waals surface area contributed by atoms with Gasteiger partial charge in [0.25, 0.3) is 0 Å². The molecule has 0 saturated heterocycles. The number of hydrogen-bond donors (Lipinski definition) is 2. The smallest absolute Gasteiger partial charge is 0.0868 e. The summed E-state index contributed by atoms with van der Waals surface area (Å²) in [6, 6.07) is 55.4. The van der Waals surface area contributed by atoms with Gasteiger partial charge in [0.15, 0.2) is 0 Å². The van der Waals surface area contributed by atoms with E-state index in [1.807, 2.05) is 6.08 Å². The van der Waals surface area contributed by atoms with Crippen molar-refractivity contribution in [3.63, 3.8) is 0 Å². The third kappa shape index (κ3) is 4.27. The molecule has 0 atom stereocenters. The van der Waals surface area contributed by atoms with Crippen molar-refractivity contribution in [1.29, 1.82) is 10.8 Å². The molecule has 0 saturated carbocycles. The van der Waals surface area contributed by atoms with Crippen molar-refractivity contribution >= 4 is 65.7 Å². The number of nitrogens with one attached hydrogen (secondary N) is 2. The van der Waals surface area contributed by atoms with Crippen LogP contribution in [0.3, 0.4) is 0 Å². The first-order valence-corrected chi connectivity index (χ1v) is 16.3. The van der Waals surface area contributed by atoms with E-state index in [1.54, 1.807) is 0 Å². The number of benzene rings is 8. The van der Waals surface area contributed by atoms with Crippen molar-refractivity contribution in [3.8, 4) is 22.3 Å². The van der Waals surface area contributed by atoms with Gasteiger partial charge in [0.2, 0.25) is 0 Å². The molecule has 8 aromatic rings. The van der Waals surface area contributed by atoms with Crippen LogP contribution in [0.4, 0.5) is 0 Å². The predicted octanol–water partition coefficient (Wildman–Crippen LogP) is 12.2. The Morgan fingerprint density at radius 2 is 0.604 bits per heavy atom. The fourth-order valence-electron chi connectivity index (χ4n) is 7.67. The van der Waals surface area contributed by atoms with Crippen LogP contribution in [0.5, 0.6) is 0 Å². The van der Waals surface area contributed by atoms with Crippen molar-refractivity contribution < 1.29 is 0 Å². The summed E-state index contributed by atoms with van der Waals surface area (Å²) in [5.74, 6) is 0. The molecule has 224 valence electrons. The van der Waals surface area contributed by atoms with Gasteiger partial charge in [0.05, 0.1) is 11.4 Å². The number of allylic oxidation sites excluding steroid dienone is 4. The quantitative estimate of drug-likeness (QED) is 0.147. The van der Waals surface area contributed by atoms with E-state index in [1.165, 1.54) is 27.5 Å². The standard InChI is InChI=1S/C46H30N2/c47-41-28-31(44-34-21-9-7-19-32(34)42(29-15-3-1-4-16-29)33-20-8-10-22-35(33)44)27-40(46(41)48)45-38-25-13-11-23-36(38)43(30-17-5-2-6-18-30)37-24-12-14-26-39(37)45/h1-28,47-48H. The van der Waals surface area contributed by atoms with Crippen LogP contribution in [0.1, 0.15) is 11.1 Å². The molecule has 0 unspecified atom stereocenters. The van der Waals surface area contributed by atoms with Crippen molar-refractivity contribution in [2.45, 2.75) is 0 Å². The Balaban J connectivity index is 1.37. The summed E-state index contributed by atoms with van der Waals surface area (Å²) in [5.41, 5.74) is 8.98. The molecule has 0 heterocycles. The zero-order valence-corrected chi connectivity index (χ0v) is 26.2. The molecule has 2 nitrogen and oxygen atoms in total. The highest BCUT2D eigenvalue weighted by Gasteiger charge is 2.26. The summed E-state index contributed by atoms with van der Waals surface area (Å²) in [5, 5.41) is 27.6. The second kappa shape index (κ2) is 11.2. The lowest BCUT2D eigenvalue weighted by Crippen LogP contribution is -2.16. The molecular weight excluding hydrogens is 581 g/mol. The monoisotopic (exact) mass is 610 g/mol. The molecule has 2 heteroatoms. The minimum Gasteiger partial charge on any atom is -0.299 e. The lowest BCUT2D eigenvalue weighted by atomic mass is 9.79. The van der Waals surface area contributed by atoms with Gasteiger partial charge in [-0.1, -0.05) is 158 Å². The molecule has 8 aromatic carbocycles. The van der Waals surface area contributed by atoms with E-state index in [0.29, 0.717) is 0 Å². The minimum atomic E-state index is 0.211. The Morgan fingerprint density at radius 3 is 0.979 bits per heavy atom. The summed E-state index contributed by atoms with van der Waals surface area (Å²) in [6.07, 6.45) is 4.04. The van der Waals surface area contributed by atoms with Gasteiger partial charge in [-0.05, 0) is 94.2 Å². The van der Waals surface area contributed by atoms with E-state index in [2.05, 4.69) is 164 Å². The van der Waals surface area contributed by atoms with Crippen molar-refractivity contribution in [2.75, 3.05) is 0 Å². The summed E-state index contributed by atoms with van der Waals surface area (Å²) in [6.45, 7) is 0. The van der Waals surface area contributed by atoms with Gasteiger partial charge >= 0.3 is 0 Å². The third-order valence-electron chi connectivity index (χ3n) is 9.68. The lowest BCUT2D eigenvalue weighted by Gasteiger charge is -2.24. The topological polar surface area (TPSA) is 47.7 Å². The summed E-state index contributed by atoms with van der Waals surface area (Å²) in [7, 11) is 0. The van der Waals surface area contributed by atoms with Gasteiger partial charge in [-0.25, -0.2) is 0 Å². The maximum Gasteiger partial charge on any atom is 0.0868 e. The van der Waals surface area contributed by atoms with Crippen molar-refractivity contribution in [1.82, 2.24) is 0 Å². The van der Waals surface area contributed by atoms with E-state index in [9.17, 15) is 10.8 Å². The Labute approximate surface area is 279 Å². The molecule has 48 heavy (non-hydrogen) atoms. The summed E-state index contributed by atoms with van der Waals surface area (Å²) in [4.78, 5) is 0. The second-order valence-corrected chi connectivity index (χ2v) is 12.4. The first-order chi connectivity index (χ1) is 23.7. The third-order valence-corrected chi connectivity index (χ3v) is 9.68. The molecule has 0 aromatic heterocycles. The molecule has 0 aliphatic heterocycles. The van der Waals surface area contributed by atoms with Gasteiger partial charge in [0.1, 0.15) is 0 Å². The van der Waals surface area contributed by atoms with Gasteiger partial charge in [-0.15, -0.1) is 0 Å². The first kappa shape index (κ1) is 27.9. The number of rotatable bonds is 4. The fourth-order valence-corrected chi connectivity index (χ4v) is 7.67. The summed E-state index contributed by atoms with van der Waals surface area (Å²) >= 11 is 0. The lowest BCUT2D eigenvalue weighted by molar-refractivity contribution is 1.49. The van der Waals surface area contributed by atoms with Crippen LogP contribution in [0.15, 0.2) is 170 Å². The van der Waals surface area contributed by atoms with Crippen LogP contribution in [-0.2, 0) is 0 Å². The van der Waals surface area contributed by atoms with Gasteiger partial charge in [-0.3, -0.25) is 10.8 Å². The predicted molar refractivity (Wildman–Crippen MR) is 205 cm³/mol. The normalized spacial score (nSPS) is 13.3. The van der Waals surface area contributed by atoms with Crippen LogP contribution in [0.25, 0.3) is 76.5 Å². The van der Waals surface area contributed by atoms with E-state index < -0.39 is 0 Å². The number of fused-ring (bicyclic) bond motifs is 4. The van der Waals surface area contributed by atoms with E-state index in [4.69, 9.17) is 0 Å². The Bertz CT molecular complexity index is 2560. The minimum absolute atomic E-state index is 0.211. The molecular formula is C46H30N2. The fraction of sp³-hybridized carbons (Fsp3) is 0. The number of hydrogen-bond acceptors (Lipinski definition) is 2. The average Bonchev–Trinajstić information content (AvgIpc) is 3.14. The highest BCUT2D eigenvalue weighted by molar-refractivity contribution is 6.62. The van der Waals surface area contributed by atoms with Crippen LogP contribution in [-0.4, -0.2) is 11.4 Å². The molecule has 1 aliphatic carbocycles. The first-order valence-electron chi connectivity index (χ1n) is 16.3. The van der Waals surface area contributed by atoms with E-state index in [-0.39, 0.29) is 11.4 Å². The van der Waals surface area contributed by atoms with E-state index in [0.717, 1.165) is 60.2 Å². The van der Waals surface area contributed by atoms with E-state index >= 15 is 0 Å². The molecule has 2 N–H and O–H groups in total. The largest absolute Gasteiger partial charge is 0.299 e. The summed E-state index contributed by atoms with van der Waals surface area (Å²) < 4.78 is 0. The molecule has 1 aliphatic rings. The van der Waals surface area contributed by atoms with Crippen molar-refractivity contribution in [3.05, 3.63) is 181 Å². The van der Waals surface area contributed by atoms with Gasteiger partial charge < -0.3 is 0 Å². The van der Waals surface area contributed by atoms with Crippen LogP contribution in [0.2, 0.25) is 0 Å². The van der Waals surface area contributed by atoms with Gasteiger partial charge in [-0.2, -0.15) is 0 Å². The Morgan fingerprint density at radius 1 is 0.292 bits per heavy atom. The zero-order chi connectivity index (χ0) is 32.2. The highest BCUT2D eigenvalue weighted by Crippen LogP contribution is 2.46. The maximum atomic E-state index is 9.35. The molecule has 0 fully saturated rings. The van der Waals surface area contributed by atoms with Crippen LogP contribution in [0, 0.1) is 10.8 Å². The molecule has 0 bridgehead atoms. The van der Waals surface area contributed by atoms with Crippen LogP contribution < -0.4 is 0 Å².